The Balaban J connectivity index is -0.000000338. The Morgan fingerprint density at radius 2 is 0.887 bits per heavy atom. The molecule has 0 fully saturated rings. The molecule has 2 unspecified atom stereocenters. The van der Waals surface area contributed by atoms with Gasteiger partial charge in [0.2, 0.25) is 0 Å². The number of aliphatic hydroxyl groups is 2. The predicted octanol–water partition coefficient (Wildman–Crippen LogP) is 13.9. The number of carbonyl (C=O) groups excluding carboxylic acids is 1. The van der Waals surface area contributed by atoms with Gasteiger partial charge < -0.3 is 31.6 Å². The molecule has 319 valence electrons. The molecular formula is C47H98NO4Y-. The zero-order valence-electron chi connectivity index (χ0n) is 37.0. The van der Waals surface area contributed by atoms with E-state index < -0.39 is 0 Å². The third kappa shape index (κ3) is 57.0. The first kappa shape index (κ1) is 60.3. The maximum absolute atomic E-state index is 10.9. The van der Waals surface area contributed by atoms with Gasteiger partial charge in [0.25, 0.3) is 0 Å². The molecule has 0 aromatic carbocycles. The smallest absolute Gasteiger partial charge is 0.123 e. The first-order valence-electron chi connectivity index (χ1n) is 23.3. The summed E-state index contributed by atoms with van der Waals surface area (Å²) in [4.78, 5) is 13.4. The van der Waals surface area contributed by atoms with Gasteiger partial charge in [0, 0.05) is 65.5 Å². The first-order valence-corrected chi connectivity index (χ1v) is 23.3. The summed E-state index contributed by atoms with van der Waals surface area (Å²) >= 11 is 0. The van der Waals surface area contributed by atoms with Gasteiger partial charge in [-0.2, -0.15) is 6.42 Å². The van der Waals surface area contributed by atoms with E-state index in [9.17, 15) is 9.90 Å². The molecule has 2 N–H and O–H groups in total. The normalized spacial score (nSPS) is 12.0. The van der Waals surface area contributed by atoms with Crippen LogP contribution in [0.3, 0.4) is 0 Å². The average Bonchev–Trinajstić information content (AvgIpc) is 3.16. The quantitative estimate of drug-likeness (QED) is 0.0366. The van der Waals surface area contributed by atoms with E-state index in [0.717, 1.165) is 51.7 Å². The summed E-state index contributed by atoms with van der Waals surface area (Å²) < 4.78 is 5.06. The number of nitrogens with zero attached hydrogens (tertiary/aromatic N) is 1. The molecule has 0 aromatic heterocycles. The Kier molecular flexibility index (Phi) is 64.8. The van der Waals surface area contributed by atoms with E-state index in [4.69, 9.17) is 9.84 Å². The molecule has 1 radical (unpaired) electrons. The van der Waals surface area contributed by atoms with E-state index in [1.54, 1.807) is 7.11 Å². The number of methoxy groups -OCH3 is 1. The van der Waals surface area contributed by atoms with Crippen LogP contribution in [0.5, 0.6) is 0 Å². The number of aldehydes is 1. The number of rotatable bonds is 40. The van der Waals surface area contributed by atoms with Gasteiger partial charge in [-0.3, -0.25) is 0 Å². The molecular weight excluding hydrogens is 731 g/mol. The van der Waals surface area contributed by atoms with Crippen LogP contribution in [0.25, 0.3) is 0 Å². The largest absolute Gasteiger partial charge is 0.396 e. The van der Waals surface area contributed by atoms with Crippen molar-refractivity contribution >= 4 is 6.29 Å². The number of unbranched alkanes of at least 4 members (excludes halogenated alkanes) is 22. The van der Waals surface area contributed by atoms with Crippen LogP contribution in [-0.4, -0.2) is 67.5 Å². The molecule has 0 rings (SSSR count). The van der Waals surface area contributed by atoms with Gasteiger partial charge in [-0.15, -0.1) is 0 Å². The molecule has 0 aliphatic rings. The van der Waals surface area contributed by atoms with Crippen molar-refractivity contribution in [3.05, 3.63) is 6.92 Å². The average molecular weight is 830 g/mol. The van der Waals surface area contributed by atoms with Crippen LogP contribution in [-0.2, 0) is 42.2 Å². The minimum atomic E-state index is -0.0250. The summed E-state index contributed by atoms with van der Waals surface area (Å²) in [7, 11) is 1.77. The number of aliphatic hydroxyl groups excluding tert-OH is 2. The first-order chi connectivity index (χ1) is 25.5. The third-order valence-corrected chi connectivity index (χ3v) is 10.3. The van der Waals surface area contributed by atoms with Crippen molar-refractivity contribution in [2.24, 2.45) is 5.92 Å². The molecule has 0 saturated carbocycles. The minimum Gasteiger partial charge on any atom is -0.396 e. The van der Waals surface area contributed by atoms with Gasteiger partial charge in [0.1, 0.15) is 6.29 Å². The SMILES string of the molecule is CCCCCCCCC(C=O)CCCCCC.CCCCCCCCC(O)CCCCCC.[CH2-]CCCCCN(CCCO)CCCCCCOC.[Y]. The Hall–Kier alpha value is 0.614. The van der Waals surface area contributed by atoms with Crippen molar-refractivity contribution < 1.29 is 52.5 Å². The van der Waals surface area contributed by atoms with E-state index in [1.165, 1.54) is 193 Å². The van der Waals surface area contributed by atoms with Gasteiger partial charge in [-0.1, -0.05) is 182 Å². The zero-order valence-corrected chi connectivity index (χ0v) is 39.9. The van der Waals surface area contributed by atoms with Crippen molar-refractivity contribution in [3.8, 4) is 0 Å². The predicted molar refractivity (Wildman–Crippen MR) is 231 cm³/mol. The van der Waals surface area contributed by atoms with Crippen molar-refractivity contribution in [1.29, 1.82) is 0 Å². The van der Waals surface area contributed by atoms with Crippen LogP contribution in [0.4, 0.5) is 0 Å². The van der Waals surface area contributed by atoms with E-state index in [1.807, 2.05) is 0 Å². The van der Waals surface area contributed by atoms with E-state index >= 15 is 0 Å². The number of carbonyl (C=O) groups is 1. The number of hydrogen-bond acceptors (Lipinski definition) is 5. The maximum Gasteiger partial charge on any atom is 0.123 e. The molecule has 53 heavy (non-hydrogen) atoms. The van der Waals surface area contributed by atoms with E-state index in [0.29, 0.717) is 12.5 Å². The Labute approximate surface area is 360 Å². The Morgan fingerprint density at radius 1 is 0.528 bits per heavy atom. The third-order valence-electron chi connectivity index (χ3n) is 10.3. The fourth-order valence-electron chi connectivity index (χ4n) is 6.67. The summed E-state index contributed by atoms with van der Waals surface area (Å²) in [6, 6.07) is 0. The van der Waals surface area contributed by atoms with Gasteiger partial charge in [0.05, 0.1) is 6.10 Å². The molecule has 0 aromatic rings. The molecule has 2 atom stereocenters. The molecule has 0 bridgehead atoms. The summed E-state index contributed by atoms with van der Waals surface area (Å²) in [5, 5.41) is 18.7. The van der Waals surface area contributed by atoms with Crippen molar-refractivity contribution in [2.75, 3.05) is 40.0 Å². The number of hydrogen-bond donors (Lipinski definition) is 2. The maximum atomic E-state index is 10.9. The Bertz CT molecular complexity index is 611. The van der Waals surface area contributed by atoms with Crippen molar-refractivity contribution in [3.63, 3.8) is 0 Å². The van der Waals surface area contributed by atoms with Crippen LogP contribution in [0.15, 0.2) is 0 Å². The molecule has 5 nitrogen and oxygen atoms in total. The zero-order chi connectivity index (χ0) is 39.0. The molecule has 0 spiro atoms. The van der Waals surface area contributed by atoms with Gasteiger partial charge >= 0.3 is 0 Å². The monoisotopic (exact) mass is 830 g/mol. The van der Waals surface area contributed by atoms with E-state index in [-0.39, 0.29) is 38.8 Å². The molecule has 6 heteroatoms. The minimum absolute atomic E-state index is 0. The van der Waals surface area contributed by atoms with Crippen LogP contribution in [0.1, 0.15) is 240 Å². The summed E-state index contributed by atoms with van der Waals surface area (Å²) in [5.41, 5.74) is 0. The van der Waals surface area contributed by atoms with Gasteiger partial charge in [0.15, 0.2) is 0 Å². The number of ether oxygens (including phenoxy) is 1. The second kappa shape index (κ2) is 56.9. The topological polar surface area (TPSA) is 70.0 Å². The summed E-state index contributed by atoms with van der Waals surface area (Å²) in [6.07, 6.45) is 42.4. The molecule has 0 aliphatic heterocycles. The van der Waals surface area contributed by atoms with Crippen LogP contribution < -0.4 is 0 Å². The summed E-state index contributed by atoms with van der Waals surface area (Å²) in [5.74, 6) is 0.345. The van der Waals surface area contributed by atoms with Crippen LogP contribution >= 0.6 is 0 Å². The second-order valence-electron chi connectivity index (χ2n) is 15.6. The van der Waals surface area contributed by atoms with Crippen molar-refractivity contribution in [1.82, 2.24) is 4.90 Å². The molecule has 0 amide bonds. The fraction of sp³-hybridized carbons (Fsp3) is 0.957. The second-order valence-corrected chi connectivity index (χ2v) is 15.6. The standard InChI is InChI=1S/C16H34NO2.C16H32O.C15H32O.Y/c1-3-4-5-8-12-17(14-11-15-18)13-9-6-7-10-16-19-2;1-3-5-7-9-10-12-14-16(15-17)13-11-8-6-4-2;1-3-5-7-9-10-12-14-15(16)13-11-8-6-4-2;/h18H,1,3-16H2,2H3;15-16H,3-14H2,1-2H3;15-16H,3-14H2,1-2H3;/q-1;;;. The fourth-order valence-corrected chi connectivity index (χ4v) is 6.67. The van der Waals surface area contributed by atoms with Crippen LogP contribution in [0.2, 0.25) is 0 Å². The molecule has 0 heterocycles. The van der Waals surface area contributed by atoms with E-state index in [2.05, 4.69) is 39.5 Å². The van der Waals surface area contributed by atoms with Gasteiger partial charge in [-0.05, 0) is 64.5 Å². The van der Waals surface area contributed by atoms with Crippen molar-refractivity contribution in [2.45, 2.75) is 246 Å². The summed E-state index contributed by atoms with van der Waals surface area (Å²) in [6.45, 7) is 17.4. The van der Waals surface area contributed by atoms with Gasteiger partial charge in [-0.25, -0.2) is 0 Å². The molecule has 0 saturated heterocycles. The molecule has 0 aliphatic carbocycles. The van der Waals surface area contributed by atoms with Crippen LogP contribution in [0, 0.1) is 12.8 Å². The Morgan fingerprint density at radius 3 is 1.30 bits per heavy atom.